The van der Waals surface area contributed by atoms with Crippen molar-refractivity contribution in [2.45, 2.75) is 347 Å². The summed E-state index contributed by atoms with van der Waals surface area (Å²) in [5.41, 5.74) is 0. The largest absolute Gasteiger partial charge is 0.466 e. The first-order valence-corrected chi connectivity index (χ1v) is 30.6. The highest BCUT2D eigenvalue weighted by molar-refractivity contribution is 5.76. The van der Waals surface area contributed by atoms with Gasteiger partial charge in [-0.3, -0.25) is 9.59 Å². The molecule has 0 aliphatic heterocycles. The highest BCUT2D eigenvalue weighted by atomic mass is 16.5. The number of ether oxygens (including phenoxy) is 1. The third-order valence-electron chi connectivity index (χ3n) is 14.3. The molecule has 0 aromatic heterocycles. The summed E-state index contributed by atoms with van der Waals surface area (Å²) in [5, 5.41) is 23.2. The third-order valence-corrected chi connectivity index (χ3v) is 14.3. The Morgan fingerprint density at radius 1 is 0.412 bits per heavy atom. The maximum absolute atomic E-state index is 12.5. The van der Waals surface area contributed by atoms with E-state index in [0.29, 0.717) is 25.9 Å². The standard InChI is InChI=1S/C62H119NO5/c1-3-5-7-9-11-13-15-17-27-32-36-40-44-48-52-56-62(67)68-57-53-49-45-41-37-33-29-26-24-22-20-18-19-21-23-25-28-31-35-39-43-47-51-55-61(66)63-59(58-64)60(65)54-50-46-42-38-34-30-16-14-12-10-8-6-4-2/h18,20-21,23,59-60,64-65H,3-17,19,22,24-58H2,1-2H3,(H,63,66)/b20-18-,23-21-. The summed E-state index contributed by atoms with van der Waals surface area (Å²) in [6.45, 7) is 4.96. The Hall–Kier alpha value is -1.66. The first-order valence-electron chi connectivity index (χ1n) is 30.6. The molecule has 0 radical (unpaired) electrons. The Morgan fingerprint density at radius 2 is 0.735 bits per heavy atom. The van der Waals surface area contributed by atoms with Crippen LogP contribution in [-0.4, -0.2) is 47.4 Å². The van der Waals surface area contributed by atoms with Crippen LogP contribution in [0.5, 0.6) is 0 Å². The number of amides is 1. The molecule has 0 heterocycles. The Morgan fingerprint density at radius 3 is 1.12 bits per heavy atom. The lowest BCUT2D eigenvalue weighted by atomic mass is 10.0. The zero-order chi connectivity index (χ0) is 49.3. The second-order valence-electron chi connectivity index (χ2n) is 21.0. The molecule has 0 rings (SSSR count). The molecule has 2 unspecified atom stereocenters. The van der Waals surface area contributed by atoms with Crippen LogP contribution >= 0.6 is 0 Å². The summed E-state index contributed by atoms with van der Waals surface area (Å²) >= 11 is 0. The van der Waals surface area contributed by atoms with Gasteiger partial charge in [0, 0.05) is 12.8 Å². The van der Waals surface area contributed by atoms with Crippen molar-refractivity contribution in [3.63, 3.8) is 0 Å². The maximum atomic E-state index is 12.5. The Kier molecular flexibility index (Phi) is 56.5. The van der Waals surface area contributed by atoms with Gasteiger partial charge in [0.1, 0.15) is 0 Å². The monoisotopic (exact) mass is 958 g/mol. The SMILES string of the molecule is CCCCCCCCCCCCCCCCCC(=O)OCCCCCCCCCCC/C=C\C/C=C\CCCCCCCCCC(=O)NC(CO)C(O)CCCCCCCCCCCCCCC. The Balaban J connectivity index is 3.43. The minimum atomic E-state index is -0.670. The van der Waals surface area contributed by atoms with Crippen molar-refractivity contribution < 1.29 is 24.5 Å². The van der Waals surface area contributed by atoms with Gasteiger partial charge in [0.2, 0.25) is 5.91 Å². The van der Waals surface area contributed by atoms with Crippen LogP contribution in [0.1, 0.15) is 335 Å². The van der Waals surface area contributed by atoms with Crippen molar-refractivity contribution in [1.82, 2.24) is 5.32 Å². The number of aliphatic hydroxyl groups is 2. The van der Waals surface area contributed by atoms with Crippen LogP contribution in [0, 0.1) is 0 Å². The lowest BCUT2D eigenvalue weighted by molar-refractivity contribution is -0.143. The zero-order valence-corrected chi connectivity index (χ0v) is 45.9. The molecule has 1 amide bonds. The van der Waals surface area contributed by atoms with Gasteiger partial charge in [-0.2, -0.15) is 0 Å². The van der Waals surface area contributed by atoms with Gasteiger partial charge >= 0.3 is 5.97 Å². The average molecular weight is 959 g/mol. The van der Waals surface area contributed by atoms with Gasteiger partial charge in [-0.25, -0.2) is 0 Å². The van der Waals surface area contributed by atoms with Crippen LogP contribution in [0.2, 0.25) is 0 Å². The molecular weight excluding hydrogens is 839 g/mol. The molecule has 68 heavy (non-hydrogen) atoms. The number of unbranched alkanes of at least 4 members (excludes halogenated alkanes) is 42. The molecule has 6 nitrogen and oxygen atoms in total. The minimum absolute atomic E-state index is 0.0102. The summed E-state index contributed by atoms with van der Waals surface area (Å²) < 4.78 is 5.48. The molecule has 6 heteroatoms. The number of esters is 1. The lowest BCUT2D eigenvalue weighted by Crippen LogP contribution is -2.45. The van der Waals surface area contributed by atoms with Gasteiger partial charge in [0.25, 0.3) is 0 Å². The van der Waals surface area contributed by atoms with E-state index in [-0.39, 0.29) is 18.5 Å². The van der Waals surface area contributed by atoms with Crippen molar-refractivity contribution in [1.29, 1.82) is 0 Å². The highest BCUT2D eigenvalue weighted by Crippen LogP contribution is 2.17. The van der Waals surface area contributed by atoms with Crippen molar-refractivity contribution in [2.75, 3.05) is 13.2 Å². The molecule has 2 atom stereocenters. The topological polar surface area (TPSA) is 95.9 Å². The lowest BCUT2D eigenvalue weighted by Gasteiger charge is -2.22. The van der Waals surface area contributed by atoms with Gasteiger partial charge in [-0.05, 0) is 57.8 Å². The number of hydrogen-bond donors (Lipinski definition) is 3. The van der Waals surface area contributed by atoms with Crippen LogP contribution in [0.4, 0.5) is 0 Å². The molecule has 3 N–H and O–H groups in total. The third kappa shape index (κ3) is 53.7. The highest BCUT2D eigenvalue weighted by Gasteiger charge is 2.20. The number of hydrogen-bond acceptors (Lipinski definition) is 5. The van der Waals surface area contributed by atoms with E-state index in [1.54, 1.807) is 0 Å². The fraction of sp³-hybridized carbons (Fsp3) is 0.903. The van der Waals surface area contributed by atoms with Gasteiger partial charge in [-0.1, -0.05) is 289 Å². The Labute approximate surface area is 424 Å². The minimum Gasteiger partial charge on any atom is -0.466 e. The van der Waals surface area contributed by atoms with Crippen LogP contribution in [0.15, 0.2) is 24.3 Å². The summed E-state index contributed by atoms with van der Waals surface area (Å²) in [6.07, 6.45) is 70.4. The van der Waals surface area contributed by atoms with Crippen LogP contribution in [-0.2, 0) is 14.3 Å². The fourth-order valence-electron chi connectivity index (χ4n) is 9.55. The number of nitrogens with one attached hydrogen (secondary N) is 1. The summed E-state index contributed by atoms with van der Waals surface area (Å²) in [4.78, 5) is 24.5. The first-order chi connectivity index (χ1) is 33.5. The Bertz CT molecular complexity index is 1060. The molecule has 402 valence electrons. The van der Waals surface area contributed by atoms with E-state index in [0.717, 1.165) is 51.4 Å². The molecule has 0 aromatic carbocycles. The van der Waals surface area contributed by atoms with Gasteiger partial charge in [-0.15, -0.1) is 0 Å². The van der Waals surface area contributed by atoms with E-state index >= 15 is 0 Å². The van der Waals surface area contributed by atoms with Crippen molar-refractivity contribution in [3.8, 4) is 0 Å². The number of allylic oxidation sites excluding steroid dienone is 4. The smallest absolute Gasteiger partial charge is 0.305 e. The van der Waals surface area contributed by atoms with Crippen molar-refractivity contribution >= 4 is 11.9 Å². The molecule has 0 saturated heterocycles. The molecule has 0 saturated carbocycles. The van der Waals surface area contributed by atoms with Gasteiger partial charge in [0.15, 0.2) is 0 Å². The normalized spacial score (nSPS) is 12.7. The molecule has 0 fully saturated rings. The molecule has 0 aliphatic rings. The number of carbonyl (C=O) groups is 2. The van der Waals surface area contributed by atoms with E-state index in [1.807, 2.05) is 0 Å². The van der Waals surface area contributed by atoms with E-state index < -0.39 is 12.1 Å². The maximum Gasteiger partial charge on any atom is 0.305 e. The number of rotatable bonds is 57. The molecule has 0 bridgehead atoms. The number of aliphatic hydroxyl groups excluding tert-OH is 2. The summed E-state index contributed by atoms with van der Waals surface area (Å²) in [5.74, 6) is -0.0343. The van der Waals surface area contributed by atoms with Gasteiger partial charge in [0.05, 0.1) is 25.4 Å². The molecule has 0 aliphatic carbocycles. The van der Waals surface area contributed by atoms with Crippen LogP contribution in [0.25, 0.3) is 0 Å². The predicted molar refractivity (Wildman–Crippen MR) is 296 cm³/mol. The molecule has 0 aromatic rings. The van der Waals surface area contributed by atoms with E-state index in [2.05, 4.69) is 43.5 Å². The van der Waals surface area contributed by atoms with Crippen molar-refractivity contribution in [3.05, 3.63) is 24.3 Å². The fourth-order valence-corrected chi connectivity index (χ4v) is 9.55. The number of carbonyl (C=O) groups excluding carboxylic acids is 2. The van der Waals surface area contributed by atoms with E-state index in [4.69, 9.17) is 4.74 Å². The van der Waals surface area contributed by atoms with Crippen molar-refractivity contribution in [2.24, 2.45) is 0 Å². The van der Waals surface area contributed by atoms with Crippen LogP contribution in [0.3, 0.4) is 0 Å². The second-order valence-corrected chi connectivity index (χ2v) is 21.0. The quantitative estimate of drug-likeness (QED) is 0.0321. The van der Waals surface area contributed by atoms with Gasteiger partial charge < -0.3 is 20.3 Å². The predicted octanol–water partition coefficient (Wildman–Crippen LogP) is 19.0. The van der Waals surface area contributed by atoms with E-state index in [9.17, 15) is 19.8 Å². The summed E-state index contributed by atoms with van der Waals surface area (Å²) in [7, 11) is 0. The first kappa shape index (κ1) is 66.3. The van der Waals surface area contributed by atoms with E-state index in [1.165, 1.54) is 250 Å². The summed E-state index contributed by atoms with van der Waals surface area (Å²) in [6, 6.07) is -0.548. The average Bonchev–Trinajstić information content (AvgIpc) is 3.34. The second kappa shape index (κ2) is 57.9. The van der Waals surface area contributed by atoms with Crippen LogP contribution < -0.4 is 5.32 Å². The molecule has 0 spiro atoms. The molecular formula is C62H119NO5. The zero-order valence-electron chi connectivity index (χ0n) is 45.9.